The largest absolute Gasteiger partial charge is 0.382 e. The Hall–Kier alpha value is -3.44. The Balaban J connectivity index is 1.45. The van der Waals surface area contributed by atoms with E-state index in [0.717, 1.165) is 12.1 Å². The molecule has 0 radical (unpaired) electrons. The van der Waals surface area contributed by atoms with Crippen molar-refractivity contribution in [2.24, 2.45) is 5.92 Å². The lowest BCUT2D eigenvalue weighted by Gasteiger charge is -2.40. The molecule has 1 aromatic heterocycles. The van der Waals surface area contributed by atoms with Gasteiger partial charge in [-0.15, -0.1) is 0 Å². The fourth-order valence-corrected chi connectivity index (χ4v) is 4.31. The number of rotatable bonds is 8. The number of aromatic nitrogens is 3. The van der Waals surface area contributed by atoms with Crippen LogP contribution in [0.3, 0.4) is 0 Å². The van der Waals surface area contributed by atoms with Crippen molar-refractivity contribution in [2.75, 3.05) is 42.9 Å². The van der Waals surface area contributed by atoms with Gasteiger partial charge in [-0.1, -0.05) is 19.9 Å². The fraction of sp³-hybridized carbons (Fsp3) is 0.400. The van der Waals surface area contributed by atoms with Gasteiger partial charge in [0.25, 0.3) is 0 Å². The molecular formula is C25H29F3N6O2. The Bertz CT molecular complexity index is 1200. The number of nitrogens with zero attached hydrogens (tertiary/aromatic N) is 5. The van der Waals surface area contributed by atoms with Crippen LogP contribution < -0.4 is 10.2 Å². The molecule has 1 unspecified atom stereocenters. The maximum absolute atomic E-state index is 14.8. The van der Waals surface area contributed by atoms with E-state index in [0.29, 0.717) is 37.6 Å². The number of carbonyl (C=O) groups is 1. The van der Waals surface area contributed by atoms with Crippen LogP contribution in [0.15, 0.2) is 49.1 Å². The first-order valence-corrected chi connectivity index (χ1v) is 11.7. The molecule has 1 aliphatic heterocycles. The Labute approximate surface area is 207 Å². The number of piperazine rings is 1. The summed E-state index contributed by atoms with van der Waals surface area (Å²) in [6, 6.07) is 7.70. The molecule has 0 aliphatic carbocycles. The van der Waals surface area contributed by atoms with Gasteiger partial charge in [0.05, 0.1) is 12.2 Å². The monoisotopic (exact) mass is 502 g/mol. The van der Waals surface area contributed by atoms with Crippen molar-refractivity contribution in [3.05, 3.63) is 72.1 Å². The van der Waals surface area contributed by atoms with Gasteiger partial charge in [-0.05, 0) is 24.3 Å². The highest BCUT2D eigenvalue weighted by atomic mass is 19.1. The van der Waals surface area contributed by atoms with Crippen molar-refractivity contribution in [1.29, 1.82) is 0 Å². The molecule has 2 heterocycles. The van der Waals surface area contributed by atoms with E-state index in [1.165, 1.54) is 29.5 Å². The van der Waals surface area contributed by atoms with E-state index in [2.05, 4.69) is 15.4 Å². The van der Waals surface area contributed by atoms with E-state index >= 15 is 0 Å². The van der Waals surface area contributed by atoms with Gasteiger partial charge in [-0.2, -0.15) is 5.10 Å². The molecule has 8 nitrogen and oxygen atoms in total. The van der Waals surface area contributed by atoms with Crippen molar-refractivity contribution < 1.29 is 23.1 Å². The number of carbonyl (C=O) groups excluding carboxylic acids is 1. The molecule has 0 bridgehead atoms. The molecule has 1 saturated heterocycles. The third-order valence-electron chi connectivity index (χ3n) is 6.26. The Morgan fingerprint density at radius 1 is 1.06 bits per heavy atom. The molecule has 0 saturated carbocycles. The Morgan fingerprint density at radius 3 is 2.42 bits per heavy atom. The fourth-order valence-electron chi connectivity index (χ4n) is 4.31. The lowest BCUT2D eigenvalue weighted by molar-refractivity contribution is -0.118. The molecule has 1 fully saturated rings. The Morgan fingerprint density at radius 2 is 1.81 bits per heavy atom. The molecule has 2 N–H and O–H groups in total. The molecule has 3 aromatic rings. The second-order valence-electron chi connectivity index (χ2n) is 9.32. The maximum Gasteiger partial charge on any atom is 0.226 e. The molecule has 1 atom stereocenters. The summed E-state index contributed by atoms with van der Waals surface area (Å²) in [4.78, 5) is 19.6. The third kappa shape index (κ3) is 5.85. The zero-order valence-corrected chi connectivity index (χ0v) is 20.2. The SMILES string of the molecule is CC(C)C(=O)Nc1ccc(N2CCN(CC(O)(Cn3cncn3)c3ccc(F)cc3F)CC2)c(F)c1. The predicted molar refractivity (Wildman–Crippen MR) is 129 cm³/mol. The number of hydrogen-bond acceptors (Lipinski definition) is 6. The van der Waals surface area contributed by atoms with Crippen LogP contribution in [-0.2, 0) is 16.9 Å². The van der Waals surface area contributed by atoms with E-state index < -0.39 is 23.1 Å². The summed E-state index contributed by atoms with van der Waals surface area (Å²) in [5, 5.41) is 18.3. The van der Waals surface area contributed by atoms with Gasteiger partial charge in [-0.3, -0.25) is 9.69 Å². The van der Waals surface area contributed by atoms with Gasteiger partial charge in [0.2, 0.25) is 5.91 Å². The second-order valence-corrected chi connectivity index (χ2v) is 9.32. The number of hydrogen-bond donors (Lipinski definition) is 2. The number of nitrogens with one attached hydrogen (secondary N) is 1. The zero-order valence-electron chi connectivity index (χ0n) is 20.2. The summed E-state index contributed by atoms with van der Waals surface area (Å²) in [5.74, 6) is -2.42. The molecule has 36 heavy (non-hydrogen) atoms. The van der Waals surface area contributed by atoms with Crippen LogP contribution in [0.5, 0.6) is 0 Å². The lowest BCUT2D eigenvalue weighted by atomic mass is 9.92. The van der Waals surface area contributed by atoms with Gasteiger partial charge in [0.15, 0.2) is 0 Å². The van der Waals surface area contributed by atoms with E-state index in [1.807, 2.05) is 9.80 Å². The summed E-state index contributed by atoms with van der Waals surface area (Å²) in [7, 11) is 0. The highest BCUT2D eigenvalue weighted by Gasteiger charge is 2.36. The standard InChI is InChI=1S/C25H29F3N6O2/c1-17(2)24(35)31-19-4-6-23(22(28)12-19)33-9-7-32(8-10-33)13-25(36,14-34-16-29-15-30-34)20-5-3-18(26)11-21(20)27/h3-6,11-12,15-17,36H,7-10,13-14H2,1-2H3,(H,31,35). The minimum atomic E-state index is -1.70. The number of amides is 1. The summed E-state index contributed by atoms with van der Waals surface area (Å²) in [6.07, 6.45) is 2.73. The molecule has 11 heteroatoms. The number of β-amino-alcohol motifs (C(OH)–C–C–N with tert-alkyl or cyclic N) is 1. The average Bonchev–Trinajstić information content (AvgIpc) is 3.32. The summed E-state index contributed by atoms with van der Waals surface area (Å²) in [5.41, 5.74) is -0.922. The Kier molecular flexibility index (Phi) is 7.60. The predicted octanol–water partition coefficient (Wildman–Crippen LogP) is 3.00. The number of anilines is 2. The minimum Gasteiger partial charge on any atom is -0.382 e. The van der Waals surface area contributed by atoms with Crippen molar-refractivity contribution in [3.8, 4) is 0 Å². The maximum atomic E-state index is 14.8. The van der Waals surface area contributed by atoms with Crippen LogP contribution in [0.1, 0.15) is 19.4 Å². The van der Waals surface area contributed by atoms with Crippen molar-refractivity contribution >= 4 is 17.3 Å². The first-order valence-electron chi connectivity index (χ1n) is 11.7. The topological polar surface area (TPSA) is 86.5 Å². The highest BCUT2D eigenvalue weighted by molar-refractivity contribution is 5.92. The number of halogens is 3. The zero-order chi connectivity index (χ0) is 25.9. The van der Waals surface area contributed by atoms with Gasteiger partial charge in [-0.25, -0.2) is 22.8 Å². The first-order chi connectivity index (χ1) is 17.1. The van der Waals surface area contributed by atoms with E-state index in [9.17, 15) is 23.1 Å². The lowest BCUT2D eigenvalue weighted by Crippen LogP contribution is -2.52. The van der Waals surface area contributed by atoms with Crippen LogP contribution in [0.25, 0.3) is 0 Å². The molecule has 1 amide bonds. The first kappa shape index (κ1) is 25.6. The molecule has 2 aromatic carbocycles. The van der Waals surface area contributed by atoms with Crippen LogP contribution in [0, 0.1) is 23.4 Å². The average molecular weight is 503 g/mol. The highest BCUT2D eigenvalue weighted by Crippen LogP contribution is 2.29. The molecular weight excluding hydrogens is 473 g/mol. The molecule has 4 rings (SSSR count). The van der Waals surface area contributed by atoms with E-state index in [-0.39, 0.29) is 30.5 Å². The molecule has 1 aliphatic rings. The van der Waals surface area contributed by atoms with Crippen LogP contribution >= 0.6 is 0 Å². The van der Waals surface area contributed by atoms with Gasteiger partial charge in [0, 0.05) is 56.0 Å². The molecule has 192 valence electrons. The van der Waals surface area contributed by atoms with Gasteiger partial charge >= 0.3 is 0 Å². The van der Waals surface area contributed by atoms with Gasteiger partial charge in [0.1, 0.15) is 35.7 Å². The number of benzene rings is 2. The van der Waals surface area contributed by atoms with Crippen molar-refractivity contribution in [1.82, 2.24) is 19.7 Å². The van der Waals surface area contributed by atoms with Crippen LogP contribution in [0.4, 0.5) is 24.5 Å². The van der Waals surface area contributed by atoms with Gasteiger partial charge < -0.3 is 15.3 Å². The second kappa shape index (κ2) is 10.7. The smallest absolute Gasteiger partial charge is 0.226 e. The summed E-state index contributed by atoms with van der Waals surface area (Å²) >= 11 is 0. The summed E-state index contributed by atoms with van der Waals surface area (Å²) in [6.45, 7) is 5.41. The normalized spacial score (nSPS) is 16.2. The molecule has 0 spiro atoms. The van der Waals surface area contributed by atoms with E-state index in [4.69, 9.17) is 0 Å². The minimum absolute atomic E-state index is 0.0353. The van der Waals surface area contributed by atoms with E-state index in [1.54, 1.807) is 26.0 Å². The van der Waals surface area contributed by atoms with Crippen molar-refractivity contribution in [2.45, 2.75) is 26.0 Å². The van der Waals surface area contributed by atoms with Crippen molar-refractivity contribution in [3.63, 3.8) is 0 Å². The van der Waals surface area contributed by atoms with Crippen LogP contribution in [-0.4, -0.2) is 63.4 Å². The third-order valence-corrected chi connectivity index (χ3v) is 6.26. The quantitative estimate of drug-likeness (QED) is 0.493. The number of aliphatic hydroxyl groups is 1. The van der Waals surface area contributed by atoms with Crippen LogP contribution in [0.2, 0.25) is 0 Å². The summed E-state index contributed by atoms with van der Waals surface area (Å²) < 4.78 is 44.4.